The third-order valence-corrected chi connectivity index (χ3v) is 6.12. The van der Waals surface area contributed by atoms with Crippen LogP contribution in [0.2, 0.25) is 0 Å². The number of fused-ring (bicyclic) bond motifs is 3. The Hall–Kier alpha value is -3.30. The zero-order valence-electron chi connectivity index (χ0n) is 16.7. The zero-order valence-corrected chi connectivity index (χ0v) is 16.7. The van der Waals surface area contributed by atoms with Crippen molar-refractivity contribution < 1.29 is 14.3 Å². The van der Waals surface area contributed by atoms with Crippen molar-refractivity contribution in [2.75, 3.05) is 18.0 Å². The van der Waals surface area contributed by atoms with Gasteiger partial charge in [0.05, 0.1) is 5.39 Å². The molecular formula is C22H22FN5O3. The van der Waals surface area contributed by atoms with Crippen molar-refractivity contribution in [1.82, 2.24) is 14.9 Å². The quantitative estimate of drug-likeness (QED) is 0.567. The third-order valence-electron chi connectivity index (χ3n) is 6.12. The van der Waals surface area contributed by atoms with Gasteiger partial charge in [0.25, 0.3) is 0 Å². The van der Waals surface area contributed by atoms with Crippen molar-refractivity contribution in [2.45, 2.75) is 31.6 Å². The molecule has 31 heavy (non-hydrogen) atoms. The number of nitrogens with zero attached hydrogens (tertiary/aromatic N) is 3. The minimum atomic E-state index is -1.36. The van der Waals surface area contributed by atoms with Crippen LogP contribution >= 0.6 is 0 Å². The summed E-state index contributed by atoms with van der Waals surface area (Å²) in [7, 11) is 0. The van der Waals surface area contributed by atoms with Crippen LogP contribution in [0.5, 0.6) is 0 Å². The Labute approximate surface area is 177 Å². The maximum atomic E-state index is 15.0. The number of rotatable bonds is 5. The number of anilines is 1. The number of aromatic carboxylic acids is 1. The van der Waals surface area contributed by atoms with E-state index in [0.29, 0.717) is 19.1 Å². The topological polar surface area (TPSA) is 113 Å². The van der Waals surface area contributed by atoms with Gasteiger partial charge in [-0.15, -0.1) is 0 Å². The van der Waals surface area contributed by atoms with Crippen LogP contribution in [-0.4, -0.2) is 45.8 Å². The van der Waals surface area contributed by atoms with Gasteiger partial charge < -0.3 is 25.6 Å². The number of nitrogens with two attached hydrogens (primary N) is 1. The summed E-state index contributed by atoms with van der Waals surface area (Å²) in [5.41, 5.74) is 6.65. The molecule has 0 amide bonds. The minimum absolute atomic E-state index is 0.0430. The molecule has 2 aromatic heterocycles. The molecule has 0 saturated carbocycles. The molecule has 2 unspecified atom stereocenters. The molecule has 2 fully saturated rings. The Balaban J connectivity index is 1.68. The molecule has 2 atom stereocenters. The summed E-state index contributed by atoms with van der Waals surface area (Å²) in [4.78, 5) is 30.9. The van der Waals surface area contributed by atoms with Gasteiger partial charge in [0.15, 0.2) is 11.6 Å². The summed E-state index contributed by atoms with van der Waals surface area (Å²) in [5, 5.41) is 12.8. The largest absolute Gasteiger partial charge is 0.477 e. The van der Waals surface area contributed by atoms with Crippen LogP contribution in [0.15, 0.2) is 41.3 Å². The summed E-state index contributed by atoms with van der Waals surface area (Å²) in [5.74, 6) is -1.77. The van der Waals surface area contributed by atoms with Crippen LogP contribution in [0.4, 0.5) is 10.2 Å². The minimum Gasteiger partial charge on any atom is -0.477 e. The second kappa shape index (κ2) is 7.44. The van der Waals surface area contributed by atoms with E-state index >= 15 is 4.39 Å². The predicted molar refractivity (Wildman–Crippen MR) is 114 cm³/mol. The lowest BCUT2D eigenvalue weighted by molar-refractivity contribution is 0.0695. The van der Waals surface area contributed by atoms with Gasteiger partial charge in [-0.25, -0.2) is 14.2 Å². The van der Waals surface area contributed by atoms with Crippen molar-refractivity contribution in [3.8, 4) is 0 Å². The average molecular weight is 423 g/mol. The molecule has 4 heterocycles. The molecule has 0 spiro atoms. The maximum Gasteiger partial charge on any atom is 0.341 e. The number of halogens is 1. The van der Waals surface area contributed by atoms with E-state index in [0.717, 1.165) is 30.2 Å². The normalized spacial score (nSPS) is 20.0. The molecule has 0 aliphatic carbocycles. The van der Waals surface area contributed by atoms with E-state index in [-0.39, 0.29) is 29.4 Å². The molecule has 2 bridgehead atoms. The van der Waals surface area contributed by atoms with E-state index in [4.69, 9.17) is 5.73 Å². The number of aromatic nitrogens is 2. The fraction of sp³-hybridized carbons (Fsp3) is 0.318. The lowest BCUT2D eigenvalue weighted by Crippen LogP contribution is -2.44. The van der Waals surface area contributed by atoms with Gasteiger partial charge >= 0.3 is 5.97 Å². The number of hydrogen-bond acceptors (Lipinski definition) is 6. The van der Waals surface area contributed by atoms with Crippen molar-refractivity contribution in [1.29, 1.82) is 0 Å². The summed E-state index contributed by atoms with van der Waals surface area (Å²) in [6, 6.07) is 9.16. The molecule has 2 aliphatic heterocycles. The number of hydrogen-bond donors (Lipinski definition) is 3. The second-order valence-electron chi connectivity index (χ2n) is 8.14. The number of carboxylic acid groups (broad SMARTS) is 1. The average Bonchev–Trinajstić information content (AvgIpc) is 3.39. The molecular weight excluding hydrogens is 401 g/mol. The standard InChI is InChI=1S/C22H22FN5O3/c23-18-6-16-19(29)17(22(30)31)11-27(9-13-3-1-2-12(4-13)7-24)20(16)26-21(18)28-10-14-5-15(28)8-25-14/h1-4,6,11,14-15,25H,5,7-10,24H2,(H,30,31). The number of nitrogens with one attached hydrogen (secondary N) is 1. The smallest absolute Gasteiger partial charge is 0.341 e. The Kier molecular flexibility index (Phi) is 4.71. The first-order valence-corrected chi connectivity index (χ1v) is 10.2. The summed E-state index contributed by atoms with van der Waals surface area (Å²) in [6.45, 7) is 2.06. The van der Waals surface area contributed by atoms with Crippen LogP contribution in [0, 0.1) is 5.82 Å². The summed E-state index contributed by atoms with van der Waals surface area (Å²) >= 11 is 0. The van der Waals surface area contributed by atoms with Crippen molar-refractivity contribution >= 4 is 22.8 Å². The Morgan fingerprint density at radius 3 is 2.81 bits per heavy atom. The number of benzene rings is 1. The third kappa shape index (κ3) is 3.35. The molecule has 9 heteroatoms. The van der Waals surface area contributed by atoms with Crippen LogP contribution in [0.3, 0.4) is 0 Å². The first-order valence-electron chi connectivity index (χ1n) is 10.2. The predicted octanol–water partition coefficient (Wildman–Crippen LogP) is 1.29. The highest BCUT2D eigenvalue weighted by Gasteiger charge is 2.39. The van der Waals surface area contributed by atoms with Gasteiger partial charge in [0.2, 0.25) is 5.43 Å². The Morgan fingerprint density at radius 1 is 1.32 bits per heavy atom. The molecule has 4 N–H and O–H groups in total. The van der Waals surface area contributed by atoms with Gasteiger partial charge in [-0.1, -0.05) is 24.3 Å². The summed E-state index contributed by atoms with van der Waals surface area (Å²) < 4.78 is 16.6. The molecule has 160 valence electrons. The van der Waals surface area contributed by atoms with E-state index in [1.54, 1.807) is 4.57 Å². The van der Waals surface area contributed by atoms with E-state index in [1.807, 2.05) is 29.2 Å². The van der Waals surface area contributed by atoms with Crippen LogP contribution in [0.25, 0.3) is 11.0 Å². The molecule has 2 aliphatic rings. The highest BCUT2D eigenvalue weighted by Crippen LogP contribution is 2.31. The lowest BCUT2D eigenvalue weighted by atomic mass is 10.1. The highest BCUT2D eigenvalue weighted by atomic mass is 19.1. The monoisotopic (exact) mass is 423 g/mol. The molecule has 1 aromatic carbocycles. The van der Waals surface area contributed by atoms with Crippen LogP contribution in [0.1, 0.15) is 27.9 Å². The zero-order chi connectivity index (χ0) is 21.7. The molecule has 0 radical (unpaired) electrons. The van der Waals surface area contributed by atoms with E-state index < -0.39 is 22.8 Å². The van der Waals surface area contributed by atoms with Crippen molar-refractivity contribution in [2.24, 2.45) is 5.73 Å². The highest BCUT2D eigenvalue weighted by molar-refractivity contribution is 5.92. The van der Waals surface area contributed by atoms with E-state index in [1.165, 1.54) is 6.20 Å². The first kappa shape index (κ1) is 19.7. The van der Waals surface area contributed by atoms with Gasteiger partial charge in [-0.3, -0.25) is 4.79 Å². The SMILES string of the molecule is NCc1cccc(Cn2cc(C(=O)O)c(=O)c3cc(F)c(N4CC5CC4CN5)nc32)c1. The number of carbonyl (C=O) groups is 1. The number of piperazine rings is 1. The van der Waals surface area contributed by atoms with Gasteiger partial charge in [0.1, 0.15) is 11.2 Å². The van der Waals surface area contributed by atoms with Crippen LogP contribution < -0.4 is 21.4 Å². The van der Waals surface area contributed by atoms with E-state index in [2.05, 4.69) is 10.3 Å². The lowest BCUT2D eigenvalue weighted by Gasteiger charge is -2.29. The molecule has 5 rings (SSSR count). The first-order chi connectivity index (χ1) is 14.9. The van der Waals surface area contributed by atoms with Gasteiger partial charge in [-0.05, 0) is 23.6 Å². The van der Waals surface area contributed by atoms with Crippen molar-refractivity contribution in [3.63, 3.8) is 0 Å². The van der Waals surface area contributed by atoms with Gasteiger partial charge in [-0.2, -0.15) is 0 Å². The Bertz CT molecular complexity index is 1260. The fourth-order valence-electron chi connectivity index (χ4n) is 4.62. The molecule has 3 aromatic rings. The van der Waals surface area contributed by atoms with Crippen LogP contribution in [-0.2, 0) is 13.1 Å². The number of carboxylic acids is 1. The second-order valence-corrected chi connectivity index (χ2v) is 8.14. The van der Waals surface area contributed by atoms with Gasteiger partial charge in [0, 0.05) is 44.5 Å². The molecule has 8 nitrogen and oxygen atoms in total. The Morgan fingerprint density at radius 2 is 2.13 bits per heavy atom. The van der Waals surface area contributed by atoms with Crippen molar-refractivity contribution in [3.05, 3.63) is 69.3 Å². The van der Waals surface area contributed by atoms with E-state index in [9.17, 15) is 14.7 Å². The maximum absolute atomic E-state index is 15.0. The fourth-order valence-corrected chi connectivity index (χ4v) is 4.62. The number of pyridine rings is 2. The summed E-state index contributed by atoms with van der Waals surface area (Å²) in [6.07, 6.45) is 2.21. The molecule has 2 saturated heterocycles.